The van der Waals surface area contributed by atoms with Gasteiger partial charge in [0.2, 0.25) is 0 Å². The summed E-state index contributed by atoms with van der Waals surface area (Å²) in [6, 6.07) is 5.02. The number of fused-ring (bicyclic) bond motifs is 1. The Labute approximate surface area is 120 Å². The van der Waals surface area contributed by atoms with Gasteiger partial charge in [-0.1, -0.05) is 0 Å². The summed E-state index contributed by atoms with van der Waals surface area (Å²) in [5, 5.41) is 8.78. The van der Waals surface area contributed by atoms with Gasteiger partial charge in [-0.2, -0.15) is 0 Å². The number of anilines is 1. The highest BCUT2D eigenvalue weighted by atomic mass is 16.5. The summed E-state index contributed by atoms with van der Waals surface area (Å²) in [6.45, 7) is 2.07. The zero-order valence-electron chi connectivity index (χ0n) is 11.2. The van der Waals surface area contributed by atoms with Crippen molar-refractivity contribution in [2.75, 3.05) is 37.7 Å². The van der Waals surface area contributed by atoms with Gasteiger partial charge in [0.15, 0.2) is 0 Å². The van der Waals surface area contributed by atoms with Gasteiger partial charge in [-0.25, -0.2) is 0 Å². The number of carboxylic acid groups (broad SMARTS) is 1. The Balaban J connectivity index is 1.90. The van der Waals surface area contributed by atoms with E-state index in [0.29, 0.717) is 13.2 Å². The van der Waals surface area contributed by atoms with Gasteiger partial charge in [0.25, 0.3) is 11.8 Å². The fourth-order valence-electron chi connectivity index (χ4n) is 2.58. The summed E-state index contributed by atoms with van der Waals surface area (Å²) < 4.78 is 5.28. The largest absolute Gasteiger partial charge is 0.480 e. The van der Waals surface area contributed by atoms with Crippen molar-refractivity contribution in [2.24, 2.45) is 0 Å². The molecular weight excluding hydrogens is 276 g/mol. The van der Waals surface area contributed by atoms with E-state index in [1.54, 1.807) is 18.2 Å². The average molecular weight is 290 g/mol. The molecule has 7 nitrogen and oxygen atoms in total. The Morgan fingerprint density at radius 2 is 1.81 bits per heavy atom. The minimum absolute atomic E-state index is 0.262. The average Bonchev–Trinajstić information content (AvgIpc) is 2.72. The van der Waals surface area contributed by atoms with E-state index in [1.807, 2.05) is 0 Å². The molecule has 1 fully saturated rings. The highest BCUT2D eigenvalue weighted by molar-refractivity contribution is 6.22. The topological polar surface area (TPSA) is 87.2 Å². The molecule has 1 aromatic carbocycles. The summed E-state index contributed by atoms with van der Waals surface area (Å²) in [5.74, 6) is -2.31. The van der Waals surface area contributed by atoms with Gasteiger partial charge in [0, 0.05) is 18.8 Å². The number of hydrogen-bond acceptors (Lipinski definition) is 5. The molecule has 2 amide bonds. The van der Waals surface area contributed by atoms with Gasteiger partial charge in [-0.3, -0.25) is 19.3 Å². The van der Waals surface area contributed by atoms with E-state index in [2.05, 4.69) is 4.90 Å². The van der Waals surface area contributed by atoms with Crippen molar-refractivity contribution in [3.05, 3.63) is 29.3 Å². The summed E-state index contributed by atoms with van der Waals surface area (Å²) in [6.07, 6.45) is 0. The van der Waals surface area contributed by atoms with E-state index < -0.39 is 24.3 Å². The number of carbonyl (C=O) groups is 3. The van der Waals surface area contributed by atoms with Gasteiger partial charge in [0.05, 0.1) is 24.3 Å². The van der Waals surface area contributed by atoms with Crippen LogP contribution in [-0.2, 0) is 9.53 Å². The summed E-state index contributed by atoms with van der Waals surface area (Å²) in [4.78, 5) is 37.8. The Morgan fingerprint density at radius 1 is 1.14 bits per heavy atom. The van der Waals surface area contributed by atoms with Crippen LogP contribution in [0.1, 0.15) is 20.7 Å². The summed E-state index contributed by atoms with van der Waals surface area (Å²) in [5.41, 5.74) is 1.37. The first-order chi connectivity index (χ1) is 10.1. The molecule has 0 aliphatic carbocycles. The minimum atomic E-state index is -1.21. The summed E-state index contributed by atoms with van der Waals surface area (Å²) in [7, 11) is 0. The maximum absolute atomic E-state index is 12.2. The zero-order valence-corrected chi connectivity index (χ0v) is 11.2. The first kappa shape index (κ1) is 13.6. The van der Waals surface area contributed by atoms with Crippen molar-refractivity contribution in [2.45, 2.75) is 0 Å². The van der Waals surface area contributed by atoms with Crippen molar-refractivity contribution in [3.8, 4) is 0 Å². The monoisotopic (exact) mass is 290 g/mol. The normalized spacial score (nSPS) is 18.1. The molecule has 1 aromatic rings. The Bertz CT molecular complexity index is 622. The molecule has 0 bridgehead atoms. The van der Waals surface area contributed by atoms with E-state index in [0.717, 1.165) is 23.7 Å². The van der Waals surface area contributed by atoms with Crippen LogP contribution in [-0.4, -0.2) is 60.6 Å². The zero-order chi connectivity index (χ0) is 15.0. The number of rotatable bonds is 3. The molecule has 21 heavy (non-hydrogen) atoms. The molecule has 2 heterocycles. The fraction of sp³-hybridized carbons (Fsp3) is 0.357. The van der Waals surface area contributed by atoms with E-state index in [9.17, 15) is 14.4 Å². The third-order valence-electron chi connectivity index (χ3n) is 3.62. The first-order valence-corrected chi connectivity index (χ1v) is 6.62. The van der Waals surface area contributed by atoms with Gasteiger partial charge < -0.3 is 14.7 Å². The maximum atomic E-state index is 12.2. The molecule has 0 unspecified atom stereocenters. The number of carboxylic acids is 1. The first-order valence-electron chi connectivity index (χ1n) is 6.62. The second kappa shape index (κ2) is 5.17. The van der Waals surface area contributed by atoms with Crippen LogP contribution in [0.4, 0.5) is 5.69 Å². The van der Waals surface area contributed by atoms with Crippen LogP contribution in [0.25, 0.3) is 0 Å². The molecule has 0 aromatic heterocycles. The second-order valence-electron chi connectivity index (χ2n) is 4.92. The summed E-state index contributed by atoms with van der Waals surface area (Å²) >= 11 is 0. The molecule has 0 radical (unpaired) electrons. The number of ether oxygens (including phenoxy) is 1. The number of aliphatic carboxylic acids is 1. The number of hydrogen-bond donors (Lipinski definition) is 1. The predicted molar refractivity (Wildman–Crippen MR) is 72.5 cm³/mol. The molecule has 2 aliphatic rings. The lowest BCUT2D eigenvalue weighted by molar-refractivity contribution is -0.137. The van der Waals surface area contributed by atoms with Crippen molar-refractivity contribution in [1.29, 1.82) is 0 Å². The SMILES string of the molecule is O=C(O)CN1C(=O)c2ccc(N3CCOCC3)cc2C1=O. The number of carbonyl (C=O) groups excluding carboxylic acids is 2. The molecule has 0 atom stereocenters. The molecular formula is C14H14N2O5. The third-order valence-corrected chi connectivity index (χ3v) is 3.62. The van der Waals surface area contributed by atoms with E-state index in [-0.39, 0.29) is 11.1 Å². The molecule has 7 heteroatoms. The molecule has 3 rings (SSSR count). The minimum Gasteiger partial charge on any atom is -0.480 e. The third kappa shape index (κ3) is 2.36. The van der Waals surface area contributed by atoms with Crippen LogP contribution in [0.15, 0.2) is 18.2 Å². The van der Waals surface area contributed by atoms with Crippen molar-refractivity contribution in [3.63, 3.8) is 0 Å². The van der Waals surface area contributed by atoms with Crippen molar-refractivity contribution >= 4 is 23.5 Å². The van der Waals surface area contributed by atoms with Crippen LogP contribution < -0.4 is 4.90 Å². The highest BCUT2D eigenvalue weighted by Gasteiger charge is 2.37. The number of imide groups is 1. The lowest BCUT2D eigenvalue weighted by Gasteiger charge is -2.29. The molecule has 1 N–H and O–H groups in total. The smallest absolute Gasteiger partial charge is 0.323 e. The lowest BCUT2D eigenvalue weighted by Crippen LogP contribution is -2.36. The van der Waals surface area contributed by atoms with Gasteiger partial charge in [-0.05, 0) is 18.2 Å². The quantitative estimate of drug-likeness (QED) is 0.800. The van der Waals surface area contributed by atoms with Crippen LogP contribution >= 0.6 is 0 Å². The molecule has 1 saturated heterocycles. The van der Waals surface area contributed by atoms with Crippen LogP contribution in [0.3, 0.4) is 0 Å². The number of benzene rings is 1. The van der Waals surface area contributed by atoms with Gasteiger partial charge in [0.1, 0.15) is 6.54 Å². The van der Waals surface area contributed by atoms with Gasteiger partial charge >= 0.3 is 5.97 Å². The van der Waals surface area contributed by atoms with Crippen molar-refractivity contribution in [1.82, 2.24) is 4.90 Å². The van der Waals surface area contributed by atoms with Crippen LogP contribution in [0, 0.1) is 0 Å². The molecule has 2 aliphatic heterocycles. The fourth-order valence-corrected chi connectivity index (χ4v) is 2.58. The van der Waals surface area contributed by atoms with E-state index in [4.69, 9.17) is 9.84 Å². The highest BCUT2D eigenvalue weighted by Crippen LogP contribution is 2.27. The molecule has 0 saturated carbocycles. The van der Waals surface area contributed by atoms with Crippen LogP contribution in [0.5, 0.6) is 0 Å². The molecule has 110 valence electrons. The van der Waals surface area contributed by atoms with Gasteiger partial charge in [-0.15, -0.1) is 0 Å². The Morgan fingerprint density at radius 3 is 2.48 bits per heavy atom. The number of nitrogens with zero attached hydrogens (tertiary/aromatic N) is 2. The van der Waals surface area contributed by atoms with Crippen LogP contribution in [0.2, 0.25) is 0 Å². The number of morpholine rings is 1. The van der Waals surface area contributed by atoms with E-state index >= 15 is 0 Å². The lowest BCUT2D eigenvalue weighted by atomic mass is 10.1. The Kier molecular flexibility index (Phi) is 3.34. The number of amides is 2. The standard InChI is InChI=1S/C14H14N2O5/c17-12(18)8-16-13(19)10-2-1-9(7-11(10)14(16)20)15-3-5-21-6-4-15/h1-2,7H,3-6,8H2,(H,17,18). The molecule has 0 spiro atoms. The predicted octanol–water partition coefficient (Wildman–Crippen LogP) is 0.204. The Hall–Kier alpha value is -2.41. The van der Waals surface area contributed by atoms with E-state index in [1.165, 1.54) is 0 Å². The van der Waals surface area contributed by atoms with Crippen molar-refractivity contribution < 1.29 is 24.2 Å². The maximum Gasteiger partial charge on any atom is 0.323 e. The second-order valence-corrected chi connectivity index (χ2v) is 4.92.